The highest BCUT2D eigenvalue weighted by atomic mass is 32.1. The van der Waals surface area contributed by atoms with Crippen LogP contribution in [0.5, 0.6) is 0 Å². The fourth-order valence-electron chi connectivity index (χ4n) is 2.76. The lowest BCUT2D eigenvalue weighted by molar-refractivity contribution is -0.140. The lowest BCUT2D eigenvalue weighted by Gasteiger charge is -2.12. The number of anilines is 1. The second kappa shape index (κ2) is 8.82. The van der Waals surface area contributed by atoms with Crippen molar-refractivity contribution in [1.29, 1.82) is 0 Å². The summed E-state index contributed by atoms with van der Waals surface area (Å²) in [5, 5.41) is 3.40. The van der Waals surface area contributed by atoms with Gasteiger partial charge in [0.15, 0.2) is 0 Å². The lowest BCUT2D eigenvalue weighted by atomic mass is 9.95. The van der Waals surface area contributed by atoms with Crippen molar-refractivity contribution in [3.05, 3.63) is 16.0 Å². The summed E-state index contributed by atoms with van der Waals surface area (Å²) in [6, 6.07) is 0. The third-order valence-electron chi connectivity index (χ3n) is 3.92. The molecule has 0 spiro atoms. The first-order valence-corrected chi connectivity index (χ1v) is 9.06. The fourth-order valence-corrected chi connectivity index (χ4v) is 4.05. The minimum atomic E-state index is -0.373. The highest BCUT2D eigenvalue weighted by molar-refractivity contribution is 7.17. The average molecular weight is 353 g/mol. The standard InChI is InChI=1S/C17H23NO5S/c1-3-23-17(21)15-11-7-4-5-8-12(11)24-16(15)18-13(19)9-6-10-14(20)22-2/h3-10H2,1-2H3,(H,18,19). The topological polar surface area (TPSA) is 81.7 Å². The zero-order valence-corrected chi connectivity index (χ0v) is 14.9. The van der Waals surface area contributed by atoms with Gasteiger partial charge in [0.1, 0.15) is 5.00 Å². The van der Waals surface area contributed by atoms with Crippen LogP contribution in [0.3, 0.4) is 0 Å². The minimum absolute atomic E-state index is 0.204. The van der Waals surface area contributed by atoms with Crippen LogP contribution in [0.4, 0.5) is 5.00 Å². The van der Waals surface area contributed by atoms with Crippen molar-refractivity contribution in [3.8, 4) is 0 Å². The fraction of sp³-hybridized carbons (Fsp3) is 0.588. The normalized spacial score (nSPS) is 13.1. The zero-order chi connectivity index (χ0) is 17.5. The molecule has 1 aliphatic rings. The molecule has 1 heterocycles. The number of nitrogens with one attached hydrogen (secondary N) is 1. The molecular formula is C17H23NO5S. The molecule has 0 aromatic carbocycles. The molecule has 0 atom stereocenters. The van der Waals surface area contributed by atoms with Crippen molar-refractivity contribution < 1.29 is 23.9 Å². The Morgan fingerprint density at radius 2 is 1.92 bits per heavy atom. The molecule has 2 rings (SSSR count). The van der Waals surface area contributed by atoms with E-state index >= 15 is 0 Å². The van der Waals surface area contributed by atoms with Crippen LogP contribution in [-0.2, 0) is 31.9 Å². The number of esters is 2. The molecule has 0 fully saturated rings. The second-order valence-corrected chi connectivity index (χ2v) is 6.72. The van der Waals surface area contributed by atoms with E-state index in [4.69, 9.17) is 4.74 Å². The van der Waals surface area contributed by atoms with Gasteiger partial charge in [-0.2, -0.15) is 0 Å². The number of fused-ring (bicyclic) bond motifs is 1. The van der Waals surface area contributed by atoms with Gasteiger partial charge < -0.3 is 14.8 Å². The molecule has 0 saturated heterocycles. The Bertz CT molecular complexity index is 623. The summed E-state index contributed by atoms with van der Waals surface area (Å²) < 4.78 is 9.71. The van der Waals surface area contributed by atoms with E-state index < -0.39 is 0 Å². The Kier molecular flexibility index (Phi) is 6.78. The molecule has 0 aliphatic heterocycles. The molecule has 1 aromatic heterocycles. The minimum Gasteiger partial charge on any atom is -0.469 e. The van der Waals surface area contributed by atoms with E-state index in [1.54, 1.807) is 6.92 Å². The van der Waals surface area contributed by atoms with Gasteiger partial charge in [0.25, 0.3) is 0 Å². The van der Waals surface area contributed by atoms with Gasteiger partial charge in [0.2, 0.25) is 5.91 Å². The monoisotopic (exact) mass is 353 g/mol. The summed E-state index contributed by atoms with van der Waals surface area (Å²) in [5.74, 6) is -0.911. The first-order valence-electron chi connectivity index (χ1n) is 8.25. The summed E-state index contributed by atoms with van der Waals surface area (Å²) in [5.41, 5.74) is 1.53. The van der Waals surface area contributed by atoms with Crippen LogP contribution in [0.1, 0.15) is 59.8 Å². The van der Waals surface area contributed by atoms with Gasteiger partial charge in [-0.1, -0.05) is 0 Å². The summed E-state index contributed by atoms with van der Waals surface area (Å²) >= 11 is 1.46. The Balaban J connectivity index is 2.08. The van der Waals surface area contributed by atoms with E-state index in [0.29, 0.717) is 23.6 Å². The van der Waals surface area contributed by atoms with E-state index in [9.17, 15) is 14.4 Å². The molecule has 0 saturated carbocycles. The molecule has 0 bridgehead atoms. The number of hydrogen-bond acceptors (Lipinski definition) is 6. The summed E-state index contributed by atoms with van der Waals surface area (Å²) in [4.78, 5) is 36.7. The first kappa shape index (κ1) is 18.4. The van der Waals surface area contributed by atoms with Gasteiger partial charge in [0, 0.05) is 17.7 Å². The van der Waals surface area contributed by atoms with Gasteiger partial charge in [-0.25, -0.2) is 4.79 Å². The number of aryl methyl sites for hydroxylation is 1. The van der Waals surface area contributed by atoms with Gasteiger partial charge in [-0.05, 0) is 44.6 Å². The maximum atomic E-state index is 12.3. The number of rotatable bonds is 7. The number of ether oxygens (including phenoxy) is 2. The summed E-state index contributed by atoms with van der Waals surface area (Å²) in [6.45, 7) is 2.07. The van der Waals surface area contributed by atoms with Crippen LogP contribution < -0.4 is 5.32 Å². The number of methoxy groups -OCH3 is 1. The predicted octanol–water partition coefficient (Wildman–Crippen LogP) is 3.09. The average Bonchev–Trinajstić information content (AvgIpc) is 2.92. The van der Waals surface area contributed by atoms with Crippen LogP contribution in [0.15, 0.2) is 0 Å². The van der Waals surface area contributed by atoms with Crippen LogP contribution in [-0.4, -0.2) is 31.6 Å². The molecule has 1 aromatic rings. The number of carbonyl (C=O) groups is 3. The van der Waals surface area contributed by atoms with E-state index in [-0.39, 0.29) is 30.7 Å². The molecule has 6 nitrogen and oxygen atoms in total. The van der Waals surface area contributed by atoms with Crippen LogP contribution in [0.2, 0.25) is 0 Å². The zero-order valence-electron chi connectivity index (χ0n) is 14.1. The third kappa shape index (κ3) is 4.56. The summed E-state index contributed by atoms with van der Waals surface area (Å²) in [6.07, 6.45) is 4.75. The molecule has 7 heteroatoms. The largest absolute Gasteiger partial charge is 0.469 e. The number of hydrogen-bond donors (Lipinski definition) is 1. The number of thiophene rings is 1. The molecule has 1 N–H and O–H groups in total. The van der Waals surface area contributed by atoms with Gasteiger partial charge >= 0.3 is 11.9 Å². The molecule has 132 valence electrons. The van der Waals surface area contributed by atoms with Crippen molar-refractivity contribution in [3.63, 3.8) is 0 Å². The van der Waals surface area contributed by atoms with Gasteiger partial charge in [-0.15, -0.1) is 11.3 Å². The maximum Gasteiger partial charge on any atom is 0.341 e. The van der Waals surface area contributed by atoms with Crippen LogP contribution >= 0.6 is 11.3 Å². The van der Waals surface area contributed by atoms with E-state index in [0.717, 1.165) is 36.1 Å². The van der Waals surface area contributed by atoms with Crippen LogP contribution in [0, 0.1) is 0 Å². The molecule has 0 radical (unpaired) electrons. The van der Waals surface area contributed by atoms with Crippen molar-refractivity contribution in [2.45, 2.75) is 51.9 Å². The van der Waals surface area contributed by atoms with Crippen molar-refractivity contribution in [2.24, 2.45) is 0 Å². The SMILES string of the molecule is CCOC(=O)c1c(NC(=O)CCCC(=O)OC)sc2c1CCCC2. The van der Waals surface area contributed by atoms with Crippen molar-refractivity contribution in [1.82, 2.24) is 0 Å². The van der Waals surface area contributed by atoms with Gasteiger partial charge in [-0.3, -0.25) is 9.59 Å². The van der Waals surface area contributed by atoms with E-state index in [1.165, 1.54) is 18.4 Å². The van der Waals surface area contributed by atoms with Crippen molar-refractivity contribution >= 4 is 34.2 Å². The Hall–Kier alpha value is -1.89. The molecule has 1 amide bonds. The molecule has 0 unspecified atom stereocenters. The molecular weight excluding hydrogens is 330 g/mol. The van der Waals surface area contributed by atoms with E-state index in [1.807, 2.05) is 0 Å². The van der Waals surface area contributed by atoms with Crippen LogP contribution in [0.25, 0.3) is 0 Å². The molecule has 1 aliphatic carbocycles. The Labute approximate surface area is 145 Å². The highest BCUT2D eigenvalue weighted by Crippen LogP contribution is 2.38. The van der Waals surface area contributed by atoms with Crippen molar-refractivity contribution in [2.75, 3.05) is 19.0 Å². The Morgan fingerprint density at radius 3 is 2.62 bits per heavy atom. The first-order chi connectivity index (χ1) is 11.6. The summed E-state index contributed by atoms with van der Waals surface area (Å²) in [7, 11) is 1.32. The Morgan fingerprint density at radius 1 is 1.17 bits per heavy atom. The number of amides is 1. The predicted molar refractivity (Wildman–Crippen MR) is 91.4 cm³/mol. The number of carbonyl (C=O) groups excluding carboxylic acids is 3. The van der Waals surface area contributed by atoms with E-state index in [2.05, 4.69) is 10.1 Å². The molecule has 24 heavy (non-hydrogen) atoms. The van der Waals surface area contributed by atoms with Gasteiger partial charge in [0.05, 0.1) is 19.3 Å². The smallest absolute Gasteiger partial charge is 0.341 e. The third-order valence-corrected chi connectivity index (χ3v) is 5.12. The maximum absolute atomic E-state index is 12.3. The second-order valence-electron chi connectivity index (χ2n) is 5.61. The quantitative estimate of drug-likeness (QED) is 0.762. The highest BCUT2D eigenvalue weighted by Gasteiger charge is 2.27. The lowest BCUT2D eigenvalue weighted by Crippen LogP contribution is -2.15.